The van der Waals surface area contributed by atoms with E-state index in [9.17, 15) is 22.8 Å². The number of carbonyl (C=O) groups is 2. The standard InChI is InChI=1S/C20H19ClF3N3O2/c1-26(12-18(28)25-15-8-4-2-6-13(15)20(22,23)24)17-10-11-27(19(17)29)16-9-5-3-7-14(16)21/h2-9,17H,10-12H2,1H3,(H,25,28). The van der Waals surface area contributed by atoms with Gasteiger partial charge in [0.15, 0.2) is 0 Å². The molecule has 1 heterocycles. The van der Waals surface area contributed by atoms with Crippen molar-refractivity contribution in [2.75, 3.05) is 30.4 Å². The van der Waals surface area contributed by atoms with Crippen molar-refractivity contribution in [1.82, 2.24) is 4.90 Å². The van der Waals surface area contributed by atoms with Gasteiger partial charge in [-0.05, 0) is 37.7 Å². The number of amides is 2. The minimum atomic E-state index is -4.58. The van der Waals surface area contributed by atoms with Gasteiger partial charge in [-0.1, -0.05) is 35.9 Å². The normalized spacial score (nSPS) is 17.1. The van der Waals surface area contributed by atoms with Crippen LogP contribution in [0.15, 0.2) is 48.5 Å². The van der Waals surface area contributed by atoms with E-state index >= 15 is 0 Å². The molecule has 0 radical (unpaired) electrons. The molecule has 1 saturated heterocycles. The Morgan fingerprint density at radius 2 is 1.86 bits per heavy atom. The van der Waals surface area contributed by atoms with Crippen LogP contribution in [0.2, 0.25) is 5.02 Å². The van der Waals surface area contributed by atoms with Gasteiger partial charge in [0.05, 0.1) is 34.5 Å². The third kappa shape index (κ3) is 4.71. The maximum atomic E-state index is 13.1. The third-order valence-corrected chi connectivity index (χ3v) is 5.07. The second-order valence-corrected chi connectivity index (χ2v) is 7.16. The zero-order valence-electron chi connectivity index (χ0n) is 15.5. The molecule has 1 aliphatic heterocycles. The second kappa shape index (κ2) is 8.42. The van der Waals surface area contributed by atoms with Gasteiger partial charge in [-0.15, -0.1) is 0 Å². The van der Waals surface area contributed by atoms with E-state index in [4.69, 9.17) is 11.6 Å². The van der Waals surface area contributed by atoms with Gasteiger partial charge in [0, 0.05) is 6.54 Å². The minimum Gasteiger partial charge on any atom is -0.324 e. The fourth-order valence-electron chi connectivity index (χ4n) is 3.35. The number of benzene rings is 2. The summed E-state index contributed by atoms with van der Waals surface area (Å²) in [4.78, 5) is 28.2. The van der Waals surface area contributed by atoms with Gasteiger partial charge >= 0.3 is 6.18 Å². The smallest absolute Gasteiger partial charge is 0.324 e. The fourth-order valence-corrected chi connectivity index (χ4v) is 3.59. The number of hydrogen-bond acceptors (Lipinski definition) is 3. The Kier molecular flexibility index (Phi) is 6.14. The Labute approximate surface area is 171 Å². The molecule has 2 aromatic carbocycles. The van der Waals surface area contributed by atoms with Crippen LogP contribution in [-0.4, -0.2) is 42.9 Å². The Morgan fingerprint density at radius 1 is 1.21 bits per heavy atom. The minimum absolute atomic E-state index is 0.205. The highest BCUT2D eigenvalue weighted by Crippen LogP contribution is 2.34. The summed E-state index contributed by atoms with van der Waals surface area (Å²) >= 11 is 6.16. The molecule has 0 aromatic heterocycles. The monoisotopic (exact) mass is 425 g/mol. The lowest BCUT2D eigenvalue weighted by molar-refractivity contribution is -0.137. The van der Waals surface area contributed by atoms with Gasteiger partial charge in [0.2, 0.25) is 11.8 Å². The van der Waals surface area contributed by atoms with Crippen molar-refractivity contribution >= 4 is 34.8 Å². The van der Waals surface area contributed by atoms with E-state index in [-0.39, 0.29) is 18.1 Å². The predicted octanol–water partition coefficient (Wildman–Crippen LogP) is 4.03. The Balaban J connectivity index is 1.65. The van der Waals surface area contributed by atoms with Crippen LogP contribution in [0.1, 0.15) is 12.0 Å². The molecule has 0 spiro atoms. The molecule has 1 unspecified atom stereocenters. The Morgan fingerprint density at radius 3 is 2.55 bits per heavy atom. The summed E-state index contributed by atoms with van der Waals surface area (Å²) in [7, 11) is 1.59. The lowest BCUT2D eigenvalue weighted by Gasteiger charge is -2.24. The number of nitrogens with one attached hydrogen (secondary N) is 1. The molecule has 29 heavy (non-hydrogen) atoms. The van der Waals surface area contributed by atoms with Crippen LogP contribution in [-0.2, 0) is 15.8 Å². The van der Waals surface area contributed by atoms with Gasteiger partial charge in [0.1, 0.15) is 0 Å². The molecule has 1 N–H and O–H groups in total. The molecule has 5 nitrogen and oxygen atoms in total. The summed E-state index contributed by atoms with van der Waals surface area (Å²) in [6, 6.07) is 11.2. The molecule has 0 bridgehead atoms. The molecular weight excluding hydrogens is 407 g/mol. The molecule has 2 aromatic rings. The largest absolute Gasteiger partial charge is 0.418 e. The lowest BCUT2D eigenvalue weighted by Crippen LogP contribution is -2.43. The van der Waals surface area contributed by atoms with Crippen LogP contribution in [0, 0.1) is 0 Å². The van der Waals surface area contributed by atoms with Crippen LogP contribution >= 0.6 is 11.6 Å². The van der Waals surface area contributed by atoms with Crippen molar-refractivity contribution in [3.05, 3.63) is 59.1 Å². The van der Waals surface area contributed by atoms with E-state index in [1.54, 1.807) is 36.2 Å². The van der Waals surface area contributed by atoms with Crippen LogP contribution in [0.3, 0.4) is 0 Å². The van der Waals surface area contributed by atoms with Crippen LogP contribution < -0.4 is 10.2 Å². The average molecular weight is 426 g/mol. The van der Waals surface area contributed by atoms with Gasteiger partial charge in [-0.25, -0.2) is 0 Å². The topological polar surface area (TPSA) is 52.7 Å². The molecule has 1 fully saturated rings. The maximum Gasteiger partial charge on any atom is 0.418 e. The Hall–Kier alpha value is -2.58. The van der Waals surface area contributed by atoms with Crippen molar-refractivity contribution in [2.24, 2.45) is 0 Å². The molecule has 9 heteroatoms. The van der Waals surface area contributed by atoms with Crippen LogP contribution in [0.4, 0.5) is 24.5 Å². The zero-order valence-corrected chi connectivity index (χ0v) is 16.3. The number of rotatable bonds is 5. The second-order valence-electron chi connectivity index (χ2n) is 6.75. The van der Waals surface area contributed by atoms with Crippen molar-refractivity contribution in [2.45, 2.75) is 18.6 Å². The van der Waals surface area contributed by atoms with Gasteiger partial charge in [-0.3, -0.25) is 14.5 Å². The van der Waals surface area contributed by atoms with E-state index in [0.717, 1.165) is 6.07 Å². The maximum absolute atomic E-state index is 13.1. The molecule has 2 amide bonds. The molecule has 1 atom stereocenters. The quantitative estimate of drug-likeness (QED) is 0.786. The van der Waals surface area contributed by atoms with Crippen molar-refractivity contribution in [3.8, 4) is 0 Å². The summed E-state index contributed by atoms with van der Waals surface area (Å²) in [5.74, 6) is -0.836. The number of para-hydroxylation sites is 2. The fraction of sp³-hybridized carbons (Fsp3) is 0.300. The van der Waals surface area contributed by atoms with Crippen molar-refractivity contribution < 1.29 is 22.8 Å². The first-order valence-electron chi connectivity index (χ1n) is 8.90. The summed E-state index contributed by atoms with van der Waals surface area (Å²) in [6.07, 6.45) is -4.10. The van der Waals surface area contributed by atoms with Gasteiger partial charge < -0.3 is 10.2 Å². The average Bonchev–Trinajstić information content (AvgIpc) is 3.03. The Bertz CT molecular complexity index is 920. The summed E-state index contributed by atoms with van der Waals surface area (Å²) in [5, 5.41) is 2.74. The number of halogens is 4. The zero-order chi connectivity index (χ0) is 21.2. The van der Waals surface area contributed by atoms with Crippen LogP contribution in [0.25, 0.3) is 0 Å². The van der Waals surface area contributed by atoms with Gasteiger partial charge in [0.25, 0.3) is 0 Å². The van der Waals surface area contributed by atoms with Crippen molar-refractivity contribution in [3.63, 3.8) is 0 Å². The van der Waals surface area contributed by atoms with E-state index in [0.29, 0.717) is 23.7 Å². The third-order valence-electron chi connectivity index (χ3n) is 4.75. The molecule has 0 aliphatic carbocycles. The first-order chi connectivity index (χ1) is 13.7. The molecule has 154 valence electrons. The first kappa shape index (κ1) is 21.1. The number of hydrogen-bond donors (Lipinski definition) is 1. The summed E-state index contributed by atoms with van der Waals surface area (Å²) < 4.78 is 39.2. The van der Waals surface area contributed by atoms with E-state index < -0.39 is 23.7 Å². The highest BCUT2D eigenvalue weighted by Gasteiger charge is 2.37. The first-order valence-corrected chi connectivity index (χ1v) is 9.28. The number of anilines is 2. The molecule has 3 rings (SSSR count). The SMILES string of the molecule is CN(CC(=O)Nc1ccccc1C(F)(F)F)C1CCN(c2ccccc2Cl)C1=O. The molecular formula is C20H19ClF3N3O2. The van der Waals surface area contributed by atoms with Crippen LogP contribution in [0.5, 0.6) is 0 Å². The highest BCUT2D eigenvalue weighted by atomic mass is 35.5. The number of nitrogens with zero attached hydrogens (tertiary/aromatic N) is 2. The highest BCUT2D eigenvalue weighted by molar-refractivity contribution is 6.33. The van der Waals surface area contributed by atoms with Crippen molar-refractivity contribution in [1.29, 1.82) is 0 Å². The number of alkyl halides is 3. The summed E-state index contributed by atoms with van der Waals surface area (Å²) in [5.41, 5.74) is -0.634. The van der Waals surface area contributed by atoms with E-state index in [2.05, 4.69) is 5.32 Å². The summed E-state index contributed by atoms with van der Waals surface area (Å²) in [6.45, 7) is 0.217. The predicted molar refractivity (Wildman–Crippen MR) is 105 cm³/mol. The lowest BCUT2D eigenvalue weighted by atomic mass is 10.1. The van der Waals surface area contributed by atoms with Gasteiger partial charge in [-0.2, -0.15) is 13.2 Å². The van der Waals surface area contributed by atoms with E-state index in [1.807, 2.05) is 0 Å². The van der Waals surface area contributed by atoms with E-state index in [1.165, 1.54) is 23.1 Å². The molecule has 0 saturated carbocycles. The number of likely N-dealkylation sites (N-methyl/N-ethyl adjacent to an activating group) is 1. The number of carbonyl (C=O) groups excluding carboxylic acids is 2. The molecule has 1 aliphatic rings.